The van der Waals surface area contributed by atoms with Crippen molar-refractivity contribution in [3.63, 3.8) is 0 Å². The number of piperidine rings is 1. The van der Waals surface area contributed by atoms with Crippen LogP contribution in [0.1, 0.15) is 40.5 Å². The van der Waals surface area contributed by atoms with Gasteiger partial charge in [-0.3, -0.25) is 4.90 Å². The summed E-state index contributed by atoms with van der Waals surface area (Å²) in [6.07, 6.45) is 2.28. The third-order valence-electron chi connectivity index (χ3n) is 5.51. The number of nitrogens with one attached hydrogen (secondary N) is 1. The van der Waals surface area contributed by atoms with Gasteiger partial charge in [-0.25, -0.2) is 18.6 Å². The minimum absolute atomic E-state index is 0.0489. The topological polar surface area (TPSA) is 71.8 Å². The van der Waals surface area contributed by atoms with Crippen molar-refractivity contribution >= 4 is 29.0 Å². The van der Waals surface area contributed by atoms with Gasteiger partial charge in [0.2, 0.25) is 0 Å². The summed E-state index contributed by atoms with van der Waals surface area (Å²) in [7, 11) is 0. The maximum absolute atomic E-state index is 14.5. The Kier molecular flexibility index (Phi) is 6.18. The van der Waals surface area contributed by atoms with Crippen molar-refractivity contribution < 1.29 is 18.3 Å². The summed E-state index contributed by atoms with van der Waals surface area (Å²) in [5.74, 6) is -1.41. The van der Waals surface area contributed by atoms with Crippen LogP contribution in [-0.4, -0.2) is 43.9 Å². The van der Waals surface area contributed by atoms with E-state index in [9.17, 15) is 13.6 Å². The number of ether oxygens (including phenoxy) is 1. The third-order valence-corrected chi connectivity index (χ3v) is 5.77. The first-order valence-electron chi connectivity index (χ1n) is 10.8. The maximum atomic E-state index is 14.5. The molecule has 3 heterocycles. The number of hydrogen-bond acceptors (Lipinski definition) is 5. The zero-order valence-electron chi connectivity index (χ0n) is 18.9. The van der Waals surface area contributed by atoms with Crippen molar-refractivity contribution in [3.8, 4) is 11.3 Å². The zero-order chi connectivity index (χ0) is 23.9. The van der Waals surface area contributed by atoms with E-state index in [0.29, 0.717) is 17.9 Å². The molecule has 1 N–H and O–H groups in total. The molecule has 2 aromatic heterocycles. The second kappa shape index (κ2) is 8.78. The van der Waals surface area contributed by atoms with Crippen LogP contribution in [0.5, 0.6) is 0 Å². The van der Waals surface area contributed by atoms with E-state index in [0.717, 1.165) is 12.8 Å². The van der Waals surface area contributed by atoms with Gasteiger partial charge in [0.25, 0.3) is 0 Å². The molecule has 0 spiro atoms. The average molecular weight is 478 g/mol. The highest BCUT2D eigenvalue weighted by Gasteiger charge is 2.35. The number of fused-ring (bicyclic) bond motifs is 1. The van der Waals surface area contributed by atoms with Crippen LogP contribution in [0.3, 0.4) is 0 Å². The van der Waals surface area contributed by atoms with Crippen molar-refractivity contribution in [2.24, 2.45) is 5.92 Å². The Balaban J connectivity index is 1.77. The molecule has 2 atom stereocenters. The molecule has 0 radical (unpaired) electrons. The van der Waals surface area contributed by atoms with Crippen molar-refractivity contribution in [3.05, 3.63) is 47.2 Å². The van der Waals surface area contributed by atoms with Crippen LogP contribution in [0.25, 0.3) is 16.9 Å². The summed E-state index contributed by atoms with van der Waals surface area (Å²) in [4.78, 5) is 18.9. The lowest BCUT2D eigenvalue weighted by Gasteiger charge is -2.41. The Labute approximate surface area is 195 Å². The van der Waals surface area contributed by atoms with Crippen LogP contribution >= 0.6 is 11.6 Å². The highest BCUT2D eigenvalue weighted by molar-refractivity contribution is 6.29. The van der Waals surface area contributed by atoms with E-state index in [4.69, 9.17) is 16.3 Å². The lowest BCUT2D eigenvalue weighted by atomic mass is 9.96. The molecule has 7 nitrogen and oxygen atoms in total. The van der Waals surface area contributed by atoms with Gasteiger partial charge in [-0.2, -0.15) is 9.61 Å². The Morgan fingerprint density at radius 3 is 2.64 bits per heavy atom. The van der Waals surface area contributed by atoms with Gasteiger partial charge in [0.1, 0.15) is 23.4 Å². The van der Waals surface area contributed by atoms with E-state index in [-0.39, 0.29) is 22.3 Å². The fraction of sp³-hybridized carbons (Fsp3) is 0.435. The summed E-state index contributed by atoms with van der Waals surface area (Å²) in [6, 6.07) is 5.15. The van der Waals surface area contributed by atoms with Crippen LogP contribution < -0.4 is 5.32 Å². The summed E-state index contributed by atoms with van der Waals surface area (Å²) in [5.41, 5.74) is -0.0387. The van der Waals surface area contributed by atoms with Gasteiger partial charge in [-0.05, 0) is 57.7 Å². The van der Waals surface area contributed by atoms with Gasteiger partial charge >= 0.3 is 6.09 Å². The highest BCUT2D eigenvalue weighted by Crippen LogP contribution is 2.32. The second-order valence-corrected chi connectivity index (χ2v) is 9.63. The Hall–Kier alpha value is -2.94. The van der Waals surface area contributed by atoms with Gasteiger partial charge in [-0.15, -0.1) is 0 Å². The molecule has 1 aliphatic rings. The summed E-state index contributed by atoms with van der Waals surface area (Å²) < 4.78 is 35.9. The molecule has 10 heteroatoms. The number of aromatic nitrogens is 3. The van der Waals surface area contributed by atoms with Gasteiger partial charge in [-0.1, -0.05) is 24.6 Å². The fourth-order valence-electron chi connectivity index (χ4n) is 4.01. The molecule has 33 heavy (non-hydrogen) atoms. The third kappa shape index (κ3) is 4.73. The van der Waals surface area contributed by atoms with Crippen molar-refractivity contribution in [1.82, 2.24) is 19.5 Å². The molecule has 1 aromatic carbocycles. The average Bonchev–Trinajstić information content (AvgIpc) is 3.09. The Bertz CT molecular complexity index is 1170. The van der Waals surface area contributed by atoms with E-state index < -0.39 is 29.5 Å². The summed E-state index contributed by atoms with van der Waals surface area (Å²) >= 11 is 6.24. The van der Waals surface area contributed by atoms with Crippen LogP contribution in [0.4, 0.5) is 19.3 Å². The number of amides is 1. The summed E-state index contributed by atoms with van der Waals surface area (Å²) in [6.45, 7) is 7.99. The molecule has 176 valence electrons. The number of likely N-dealkylation sites (tertiary alicyclic amines) is 1. The van der Waals surface area contributed by atoms with E-state index >= 15 is 0 Å². The number of benzene rings is 1. The molecule has 0 aliphatic carbocycles. The van der Waals surface area contributed by atoms with Gasteiger partial charge < -0.3 is 10.1 Å². The standard InChI is InChI=1S/C23H26ClF2N5O2/c1-13-7-6-10-30(22(32)33-23(2,3)4)20(13)28-17-11-16(19-14(25)8-5-9-15(19)26)29-31-18(24)12-27-21(17)31/h5,8-9,11-13,20,28H,6-7,10H2,1-4H3. The van der Waals surface area contributed by atoms with Crippen LogP contribution in [0, 0.1) is 17.6 Å². The van der Waals surface area contributed by atoms with Crippen molar-refractivity contribution in [1.29, 1.82) is 0 Å². The largest absolute Gasteiger partial charge is 0.444 e. The monoisotopic (exact) mass is 477 g/mol. The van der Waals surface area contributed by atoms with Gasteiger partial charge in [0.05, 0.1) is 23.1 Å². The van der Waals surface area contributed by atoms with Gasteiger partial charge in [0, 0.05) is 6.54 Å². The smallest absolute Gasteiger partial charge is 0.411 e. The predicted octanol–water partition coefficient (Wildman–Crippen LogP) is 5.73. The molecule has 1 fully saturated rings. The molecule has 1 aliphatic heterocycles. The molecule has 1 saturated heterocycles. The van der Waals surface area contributed by atoms with E-state index in [1.165, 1.54) is 35.0 Å². The van der Waals surface area contributed by atoms with E-state index in [1.54, 1.807) is 4.90 Å². The maximum Gasteiger partial charge on any atom is 0.411 e. The molecule has 4 rings (SSSR count). The van der Waals surface area contributed by atoms with Gasteiger partial charge in [0.15, 0.2) is 10.8 Å². The number of imidazole rings is 1. The second-order valence-electron chi connectivity index (χ2n) is 9.24. The number of carbonyl (C=O) groups is 1. The lowest BCUT2D eigenvalue weighted by Crippen LogP contribution is -2.53. The number of hydrogen-bond donors (Lipinski definition) is 1. The summed E-state index contributed by atoms with van der Waals surface area (Å²) in [5, 5.41) is 7.84. The first kappa shape index (κ1) is 23.2. The van der Waals surface area contributed by atoms with Crippen molar-refractivity contribution in [2.45, 2.75) is 52.3 Å². The zero-order valence-corrected chi connectivity index (χ0v) is 19.7. The number of nitrogens with zero attached hydrogens (tertiary/aromatic N) is 4. The number of halogens is 3. The molecule has 0 bridgehead atoms. The number of carbonyl (C=O) groups excluding carboxylic acids is 1. The fourth-order valence-corrected chi connectivity index (χ4v) is 4.17. The van der Waals surface area contributed by atoms with Crippen LogP contribution in [0.15, 0.2) is 30.5 Å². The molecule has 0 saturated carbocycles. The molecule has 3 aromatic rings. The Morgan fingerprint density at radius 2 is 1.97 bits per heavy atom. The first-order valence-corrected chi connectivity index (χ1v) is 11.2. The number of rotatable bonds is 3. The van der Waals surface area contributed by atoms with E-state index in [1.807, 2.05) is 27.7 Å². The molecular formula is C23H26ClF2N5O2. The Morgan fingerprint density at radius 1 is 1.27 bits per heavy atom. The predicted molar refractivity (Wildman–Crippen MR) is 122 cm³/mol. The SMILES string of the molecule is CC1CCCN(C(=O)OC(C)(C)C)C1Nc1cc(-c2c(F)cccc2F)nn2c(Cl)cnc12. The van der Waals surface area contributed by atoms with Crippen LogP contribution in [0.2, 0.25) is 5.15 Å². The minimum Gasteiger partial charge on any atom is -0.444 e. The van der Waals surface area contributed by atoms with Crippen LogP contribution in [-0.2, 0) is 4.74 Å². The molecular weight excluding hydrogens is 452 g/mol. The van der Waals surface area contributed by atoms with Crippen molar-refractivity contribution in [2.75, 3.05) is 11.9 Å². The molecule has 2 unspecified atom stereocenters. The normalized spacial score (nSPS) is 19.1. The lowest BCUT2D eigenvalue weighted by molar-refractivity contribution is 0.00598. The minimum atomic E-state index is -0.745. The van der Waals surface area contributed by atoms with E-state index in [2.05, 4.69) is 15.4 Å². The quantitative estimate of drug-likeness (QED) is 0.521. The first-order chi connectivity index (χ1) is 15.5. The molecule has 1 amide bonds. The highest BCUT2D eigenvalue weighted by atomic mass is 35.5. The number of anilines is 1.